The summed E-state index contributed by atoms with van der Waals surface area (Å²) in [6.07, 6.45) is 5.02. The maximum atomic E-state index is 12.1. The molecule has 0 aliphatic heterocycles. The lowest BCUT2D eigenvalue weighted by Crippen LogP contribution is -2.35. The molecule has 0 bridgehead atoms. The van der Waals surface area contributed by atoms with Crippen LogP contribution in [0.15, 0.2) is 48.5 Å². The third-order valence-electron chi connectivity index (χ3n) is 5.87. The lowest BCUT2D eigenvalue weighted by molar-refractivity contribution is -0.127. The average molecular weight is 395 g/mol. The van der Waals surface area contributed by atoms with E-state index < -0.39 is 0 Å². The number of nitrogens with one attached hydrogen (secondary N) is 1. The van der Waals surface area contributed by atoms with E-state index in [4.69, 9.17) is 11.6 Å². The van der Waals surface area contributed by atoms with Gasteiger partial charge >= 0.3 is 0 Å². The molecule has 146 valence electrons. The highest BCUT2D eigenvalue weighted by atomic mass is 35.5. The fraction of sp³-hybridized carbons (Fsp3) is 0.417. The highest BCUT2D eigenvalue weighted by Crippen LogP contribution is 2.32. The molecule has 4 heteroatoms. The highest BCUT2D eigenvalue weighted by Gasteiger charge is 2.25. The molecule has 0 aromatic heterocycles. The van der Waals surface area contributed by atoms with E-state index in [1.54, 1.807) is 0 Å². The molecule has 2 atom stereocenters. The van der Waals surface area contributed by atoms with Crippen LogP contribution in [0.3, 0.4) is 0 Å². The van der Waals surface area contributed by atoms with Crippen molar-refractivity contribution in [3.63, 3.8) is 0 Å². The van der Waals surface area contributed by atoms with Crippen LogP contribution in [-0.4, -0.2) is 12.5 Å². The second-order valence-corrected chi connectivity index (χ2v) is 8.30. The molecule has 1 aliphatic rings. The summed E-state index contributed by atoms with van der Waals surface area (Å²) in [5.41, 5.74) is 3.08. The zero-order valence-corrected chi connectivity index (χ0v) is 17.1. The Hall–Kier alpha value is -2.31. The van der Waals surface area contributed by atoms with Gasteiger partial charge in [-0.05, 0) is 72.9 Å². The smallest absolute Gasteiger partial charge is 0.223 e. The number of nitriles is 1. The largest absolute Gasteiger partial charge is 0.356 e. The van der Waals surface area contributed by atoms with Crippen LogP contribution in [0.5, 0.6) is 0 Å². The van der Waals surface area contributed by atoms with Gasteiger partial charge in [-0.1, -0.05) is 49.2 Å². The van der Waals surface area contributed by atoms with Crippen molar-refractivity contribution in [3.8, 4) is 6.07 Å². The van der Waals surface area contributed by atoms with Gasteiger partial charge in [0.2, 0.25) is 5.91 Å². The van der Waals surface area contributed by atoms with Crippen LogP contribution in [0.4, 0.5) is 0 Å². The molecule has 0 radical (unpaired) electrons. The first kappa shape index (κ1) is 20.4. The van der Waals surface area contributed by atoms with Crippen molar-refractivity contribution >= 4 is 17.5 Å². The normalized spacial score (nSPS) is 15.9. The van der Waals surface area contributed by atoms with Crippen molar-refractivity contribution in [2.24, 2.45) is 11.8 Å². The maximum Gasteiger partial charge on any atom is 0.223 e. The van der Waals surface area contributed by atoms with Crippen LogP contribution >= 0.6 is 11.6 Å². The standard InChI is InChI=1S/C24H27ClN2O/c1-17(12-13-27-24(28)20-5-3-6-20)23(15-18-8-10-22(25)11-9-18)21-7-2-4-19(14-21)16-26/h2,4,7-11,14,17,20,23H,3,5-6,12-13,15H2,1H3,(H,27,28)/t17?,23-/m0/s1. The molecule has 0 heterocycles. The average Bonchev–Trinajstić information content (AvgIpc) is 2.66. The topological polar surface area (TPSA) is 52.9 Å². The number of rotatable bonds is 8. The van der Waals surface area contributed by atoms with Crippen molar-refractivity contribution in [1.82, 2.24) is 5.32 Å². The predicted octanol–water partition coefficient (Wildman–Crippen LogP) is 5.48. The van der Waals surface area contributed by atoms with Gasteiger partial charge in [0.05, 0.1) is 11.6 Å². The van der Waals surface area contributed by atoms with Gasteiger partial charge in [-0.3, -0.25) is 4.79 Å². The third kappa shape index (κ3) is 5.36. The molecule has 28 heavy (non-hydrogen) atoms. The van der Waals surface area contributed by atoms with Crippen LogP contribution in [0.25, 0.3) is 0 Å². The van der Waals surface area contributed by atoms with Crippen molar-refractivity contribution < 1.29 is 4.79 Å². The first-order chi connectivity index (χ1) is 13.6. The second-order valence-electron chi connectivity index (χ2n) is 7.86. The molecule has 0 saturated heterocycles. The Labute approximate surface area is 172 Å². The number of benzene rings is 2. The minimum atomic E-state index is 0.208. The van der Waals surface area contributed by atoms with E-state index in [0.29, 0.717) is 18.0 Å². The minimum Gasteiger partial charge on any atom is -0.356 e. The van der Waals surface area contributed by atoms with E-state index in [9.17, 15) is 10.1 Å². The molecule has 0 spiro atoms. The third-order valence-corrected chi connectivity index (χ3v) is 6.13. The molecule has 3 nitrogen and oxygen atoms in total. The van der Waals surface area contributed by atoms with E-state index in [0.717, 1.165) is 30.7 Å². The zero-order valence-electron chi connectivity index (χ0n) is 16.3. The van der Waals surface area contributed by atoms with E-state index >= 15 is 0 Å². The number of carbonyl (C=O) groups excluding carboxylic acids is 1. The Bertz CT molecular complexity index is 836. The zero-order chi connectivity index (χ0) is 19.9. The van der Waals surface area contributed by atoms with E-state index in [1.165, 1.54) is 17.5 Å². The van der Waals surface area contributed by atoms with E-state index in [2.05, 4.69) is 36.5 Å². The molecule has 1 fully saturated rings. The van der Waals surface area contributed by atoms with Gasteiger partial charge in [0, 0.05) is 17.5 Å². The summed E-state index contributed by atoms with van der Waals surface area (Å²) in [5.74, 6) is 1.08. The monoisotopic (exact) mass is 394 g/mol. The fourth-order valence-corrected chi connectivity index (χ4v) is 3.93. The van der Waals surface area contributed by atoms with E-state index in [1.807, 2.05) is 30.3 Å². The lowest BCUT2D eigenvalue weighted by Gasteiger charge is -2.27. The van der Waals surface area contributed by atoms with Gasteiger partial charge in [0.15, 0.2) is 0 Å². The molecule has 2 aromatic carbocycles. The van der Waals surface area contributed by atoms with Crippen LogP contribution in [0, 0.1) is 23.2 Å². The molecule has 2 aromatic rings. The Morgan fingerprint density at radius 3 is 2.64 bits per heavy atom. The quantitative estimate of drug-likeness (QED) is 0.644. The van der Waals surface area contributed by atoms with Gasteiger partial charge in [0.1, 0.15) is 0 Å². The summed E-state index contributed by atoms with van der Waals surface area (Å²) in [6, 6.07) is 18.1. The Morgan fingerprint density at radius 1 is 1.25 bits per heavy atom. The van der Waals surface area contributed by atoms with Gasteiger partial charge in [-0.15, -0.1) is 0 Å². The molecule has 1 unspecified atom stereocenters. The SMILES string of the molecule is CC(CCNC(=O)C1CCC1)[C@H](Cc1ccc(Cl)cc1)c1cccc(C#N)c1. The Kier molecular flexibility index (Phi) is 7.12. The number of halogens is 1. The molecule has 1 aliphatic carbocycles. The molecular formula is C24H27ClN2O. The van der Waals surface area contributed by atoms with Gasteiger partial charge < -0.3 is 5.32 Å². The van der Waals surface area contributed by atoms with Crippen molar-refractivity contribution in [1.29, 1.82) is 5.26 Å². The Morgan fingerprint density at radius 2 is 2.00 bits per heavy atom. The number of hydrogen-bond acceptors (Lipinski definition) is 2. The lowest BCUT2D eigenvalue weighted by atomic mass is 9.80. The Balaban J connectivity index is 1.69. The summed E-state index contributed by atoms with van der Waals surface area (Å²) >= 11 is 6.03. The second kappa shape index (κ2) is 9.75. The molecule has 3 rings (SSSR count). The van der Waals surface area contributed by atoms with Crippen LogP contribution < -0.4 is 5.32 Å². The minimum absolute atomic E-state index is 0.208. The van der Waals surface area contributed by atoms with Crippen LogP contribution in [0.2, 0.25) is 5.02 Å². The van der Waals surface area contributed by atoms with Crippen LogP contribution in [-0.2, 0) is 11.2 Å². The molecule has 1 amide bonds. The van der Waals surface area contributed by atoms with Crippen molar-refractivity contribution in [2.45, 2.75) is 44.9 Å². The molecule has 1 saturated carbocycles. The van der Waals surface area contributed by atoms with Gasteiger partial charge in [-0.2, -0.15) is 5.26 Å². The van der Waals surface area contributed by atoms with Crippen LogP contribution in [0.1, 0.15) is 55.2 Å². The highest BCUT2D eigenvalue weighted by molar-refractivity contribution is 6.30. The number of amides is 1. The summed E-state index contributed by atoms with van der Waals surface area (Å²) in [4.78, 5) is 12.1. The predicted molar refractivity (Wildman–Crippen MR) is 113 cm³/mol. The maximum absolute atomic E-state index is 12.1. The first-order valence-corrected chi connectivity index (χ1v) is 10.5. The van der Waals surface area contributed by atoms with E-state index in [-0.39, 0.29) is 17.7 Å². The number of carbonyl (C=O) groups is 1. The first-order valence-electron chi connectivity index (χ1n) is 10.1. The summed E-state index contributed by atoms with van der Waals surface area (Å²) in [5, 5.41) is 13.1. The number of nitrogens with zero attached hydrogens (tertiary/aromatic N) is 1. The summed E-state index contributed by atoms with van der Waals surface area (Å²) in [6.45, 7) is 2.93. The van der Waals surface area contributed by atoms with Gasteiger partial charge in [0.25, 0.3) is 0 Å². The molecular weight excluding hydrogens is 368 g/mol. The summed E-state index contributed by atoms with van der Waals surface area (Å²) < 4.78 is 0. The fourth-order valence-electron chi connectivity index (χ4n) is 3.80. The van der Waals surface area contributed by atoms with Crippen molar-refractivity contribution in [2.75, 3.05) is 6.54 Å². The summed E-state index contributed by atoms with van der Waals surface area (Å²) in [7, 11) is 0. The number of hydrogen-bond donors (Lipinski definition) is 1. The van der Waals surface area contributed by atoms with Gasteiger partial charge in [-0.25, -0.2) is 0 Å². The molecule has 1 N–H and O–H groups in total. The van der Waals surface area contributed by atoms with Crippen molar-refractivity contribution in [3.05, 3.63) is 70.2 Å².